The third-order valence-electron chi connectivity index (χ3n) is 5.31. The lowest BCUT2D eigenvalue weighted by atomic mass is 10.2. The summed E-state index contributed by atoms with van der Waals surface area (Å²) in [5.41, 5.74) is 0.734. The molecule has 10 heteroatoms. The number of hydrogen-bond acceptors (Lipinski definition) is 7. The second-order valence-electron chi connectivity index (χ2n) is 7.39. The number of likely N-dealkylation sites (tertiary alicyclic amines) is 1. The number of benzene rings is 2. The molecule has 0 atom stereocenters. The van der Waals surface area contributed by atoms with Gasteiger partial charge in [-0.25, -0.2) is 18.8 Å². The van der Waals surface area contributed by atoms with Crippen LogP contribution in [0.2, 0.25) is 0 Å². The molecule has 2 aromatic carbocycles. The first-order valence-corrected chi connectivity index (χ1v) is 10.9. The number of rotatable bonds is 10. The predicted molar refractivity (Wildman–Crippen MR) is 123 cm³/mol. The molecule has 0 saturated carbocycles. The Kier molecular flexibility index (Phi) is 7.41. The summed E-state index contributed by atoms with van der Waals surface area (Å²) in [5, 5.41) is 0.575. The Balaban J connectivity index is 1.43. The number of ether oxygens (including phenoxy) is 3. The SMILES string of the molecule is COc1cc2c(N(Cl)c3ccccc3F)ncnc2cc1OCCOCCN1CCCC1=O. The van der Waals surface area contributed by atoms with Crippen LogP contribution in [-0.2, 0) is 9.53 Å². The van der Waals surface area contributed by atoms with E-state index >= 15 is 0 Å². The molecule has 8 nitrogen and oxygen atoms in total. The van der Waals surface area contributed by atoms with E-state index < -0.39 is 5.82 Å². The summed E-state index contributed by atoms with van der Waals surface area (Å²) in [5.74, 6) is 0.971. The van der Waals surface area contributed by atoms with Gasteiger partial charge in [0.15, 0.2) is 17.3 Å². The number of nitrogens with zero attached hydrogens (tertiary/aromatic N) is 4. The van der Waals surface area contributed by atoms with Crippen LogP contribution in [-0.4, -0.2) is 60.8 Å². The Morgan fingerprint density at radius 1 is 1.15 bits per heavy atom. The van der Waals surface area contributed by atoms with Gasteiger partial charge < -0.3 is 19.1 Å². The van der Waals surface area contributed by atoms with Crippen molar-refractivity contribution in [1.29, 1.82) is 0 Å². The van der Waals surface area contributed by atoms with E-state index in [1.807, 2.05) is 4.90 Å². The van der Waals surface area contributed by atoms with Crippen molar-refractivity contribution in [3.63, 3.8) is 0 Å². The first kappa shape index (κ1) is 23.0. The number of aromatic nitrogens is 2. The largest absolute Gasteiger partial charge is 0.493 e. The van der Waals surface area contributed by atoms with Crippen LogP contribution in [0.3, 0.4) is 0 Å². The number of carbonyl (C=O) groups excluding carboxylic acids is 1. The molecule has 0 N–H and O–H groups in total. The van der Waals surface area contributed by atoms with Crippen LogP contribution in [0.15, 0.2) is 42.7 Å². The highest BCUT2D eigenvalue weighted by molar-refractivity contribution is 6.30. The zero-order valence-electron chi connectivity index (χ0n) is 18.2. The number of amides is 1. The molecule has 0 bridgehead atoms. The third kappa shape index (κ3) is 5.26. The molecule has 2 heterocycles. The van der Waals surface area contributed by atoms with Gasteiger partial charge in [0, 0.05) is 42.7 Å². The average molecular weight is 475 g/mol. The lowest BCUT2D eigenvalue weighted by molar-refractivity contribution is -0.128. The molecule has 3 aromatic rings. The van der Waals surface area contributed by atoms with Crippen molar-refractivity contribution >= 4 is 40.1 Å². The number of anilines is 2. The van der Waals surface area contributed by atoms with Crippen molar-refractivity contribution in [3.8, 4) is 11.5 Å². The van der Waals surface area contributed by atoms with E-state index in [1.165, 1.54) is 19.5 Å². The lowest BCUT2D eigenvalue weighted by Crippen LogP contribution is -2.28. The second kappa shape index (κ2) is 10.6. The second-order valence-corrected chi connectivity index (χ2v) is 7.73. The van der Waals surface area contributed by atoms with Gasteiger partial charge in [0.1, 0.15) is 18.8 Å². The maximum Gasteiger partial charge on any atom is 0.222 e. The average Bonchev–Trinajstić information content (AvgIpc) is 3.24. The van der Waals surface area contributed by atoms with Gasteiger partial charge >= 0.3 is 0 Å². The lowest BCUT2D eigenvalue weighted by Gasteiger charge is -2.18. The van der Waals surface area contributed by atoms with Crippen molar-refractivity contribution in [2.45, 2.75) is 12.8 Å². The summed E-state index contributed by atoms with van der Waals surface area (Å²) in [6.45, 7) is 2.51. The molecule has 1 aliphatic heterocycles. The topological polar surface area (TPSA) is 77.0 Å². The van der Waals surface area contributed by atoms with E-state index in [2.05, 4.69) is 9.97 Å². The zero-order chi connectivity index (χ0) is 23.2. The zero-order valence-corrected chi connectivity index (χ0v) is 18.9. The number of methoxy groups -OCH3 is 1. The standard InChI is InChI=1S/C23H24ClFN4O4/c1-31-20-13-16-18(26-15-27-23(16)29(24)19-6-3-2-5-17(19)25)14-21(20)33-12-11-32-10-9-28-8-4-7-22(28)30/h2-3,5-6,13-15H,4,7-12H2,1H3. The van der Waals surface area contributed by atoms with Crippen molar-refractivity contribution < 1.29 is 23.4 Å². The van der Waals surface area contributed by atoms with Crippen molar-refractivity contribution in [3.05, 3.63) is 48.5 Å². The molecule has 0 spiro atoms. The normalized spacial score (nSPS) is 13.5. The fourth-order valence-electron chi connectivity index (χ4n) is 3.63. The van der Waals surface area contributed by atoms with Gasteiger partial charge in [-0.15, -0.1) is 0 Å². The monoisotopic (exact) mass is 474 g/mol. The highest BCUT2D eigenvalue weighted by Crippen LogP contribution is 2.38. The quantitative estimate of drug-likeness (QED) is 0.323. The van der Waals surface area contributed by atoms with E-state index in [9.17, 15) is 9.18 Å². The van der Waals surface area contributed by atoms with Crippen LogP contribution in [0.1, 0.15) is 12.8 Å². The first-order valence-electron chi connectivity index (χ1n) is 10.6. The molecule has 1 aromatic heterocycles. The molecule has 1 aliphatic rings. The Morgan fingerprint density at radius 3 is 2.76 bits per heavy atom. The molecule has 1 saturated heterocycles. The maximum absolute atomic E-state index is 14.2. The molecule has 1 amide bonds. The fourth-order valence-corrected chi connectivity index (χ4v) is 3.90. The van der Waals surface area contributed by atoms with Gasteiger partial charge in [-0.3, -0.25) is 4.79 Å². The van der Waals surface area contributed by atoms with Crippen LogP contribution in [0.4, 0.5) is 15.9 Å². The summed E-state index contributed by atoms with van der Waals surface area (Å²) in [7, 11) is 1.52. The van der Waals surface area contributed by atoms with E-state index in [0.29, 0.717) is 61.0 Å². The van der Waals surface area contributed by atoms with E-state index in [0.717, 1.165) is 17.4 Å². The highest BCUT2D eigenvalue weighted by atomic mass is 35.5. The number of halogens is 2. The van der Waals surface area contributed by atoms with Crippen molar-refractivity contribution in [1.82, 2.24) is 14.9 Å². The summed E-state index contributed by atoms with van der Waals surface area (Å²) < 4.78 is 32.3. The Labute approximate surface area is 195 Å². The Morgan fingerprint density at radius 2 is 2.00 bits per heavy atom. The van der Waals surface area contributed by atoms with Crippen molar-refractivity contribution in [2.24, 2.45) is 0 Å². The first-order chi connectivity index (χ1) is 16.1. The summed E-state index contributed by atoms with van der Waals surface area (Å²) in [6.07, 6.45) is 2.89. The van der Waals surface area contributed by atoms with E-state index in [1.54, 1.807) is 30.3 Å². The number of hydrogen-bond donors (Lipinski definition) is 0. The minimum absolute atomic E-state index is 0.172. The maximum atomic E-state index is 14.2. The minimum atomic E-state index is -0.472. The van der Waals surface area contributed by atoms with Crippen LogP contribution in [0, 0.1) is 5.82 Å². The molecular weight excluding hydrogens is 451 g/mol. The van der Waals surface area contributed by atoms with Gasteiger partial charge in [0.25, 0.3) is 0 Å². The summed E-state index contributed by atoms with van der Waals surface area (Å²) in [6, 6.07) is 9.58. The predicted octanol–water partition coefficient (Wildman–Crippen LogP) is 4.09. The molecule has 0 radical (unpaired) electrons. The third-order valence-corrected chi connectivity index (χ3v) is 5.65. The van der Waals surface area contributed by atoms with Gasteiger partial charge in [0.05, 0.1) is 31.5 Å². The summed E-state index contributed by atoms with van der Waals surface area (Å²) >= 11 is 6.43. The molecule has 4 rings (SSSR count). The Hall–Kier alpha value is -3.17. The van der Waals surface area contributed by atoms with Gasteiger partial charge in [0.2, 0.25) is 5.91 Å². The van der Waals surface area contributed by atoms with Crippen molar-refractivity contribution in [2.75, 3.05) is 44.4 Å². The molecule has 0 aliphatic carbocycles. The molecule has 0 unspecified atom stereocenters. The molecule has 33 heavy (non-hydrogen) atoms. The fraction of sp³-hybridized carbons (Fsp3) is 0.348. The van der Waals surface area contributed by atoms with Crippen LogP contribution in [0.5, 0.6) is 11.5 Å². The van der Waals surface area contributed by atoms with Crippen LogP contribution < -0.4 is 13.9 Å². The van der Waals surface area contributed by atoms with E-state index in [4.69, 9.17) is 26.0 Å². The van der Waals surface area contributed by atoms with Gasteiger partial charge in [-0.1, -0.05) is 12.1 Å². The molecule has 174 valence electrons. The molecular formula is C23H24ClFN4O4. The van der Waals surface area contributed by atoms with Crippen LogP contribution in [0.25, 0.3) is 10.9 Å². The minimum Gasteiger partial charge on any atom is -0.493 e. The smallest absolute Gasteiger partial charge is 0.222 e. The summed E-state index contributed by atoms with van der Waals surface area (Å²) in [4.78, 5) is 21.9. The van der Waals surface area contributed by atoms with Gasteiger partial charge in [-0.05, 0) is 24.6 Å². The number of fused-ring (bicyclic) bond motifs is 1. The number of carbonyl (C=O) groups is 1. The van der Waals surface area contributed by atoms with Crippen LogP contribution >= 0.6 is 11.8 Å². The molecule has 1 fully saturated rings. The Bertz CT molecular complexity index is 1130. The van der Waals surface area contributed by atoms with Gasteiger partial charge in [-0.2, -0.15) is 0 Å². The highest BCUT2D eigenvalue weighted by Gasteiger charge is 2.20. The van der Waals surface area contributed by atoms with E-state index in [-0.39, 0.29) is 11.6 Å². The number of para-hydroxylation sites is 1.